The largest absolute Gasteiger partial charge is 0.496 e. The summed E-state index contributed by atoms with van der Waals surface area (Å²) in [6, 6.07) is 17.7. The third kappa shape index (κ3) is 5.02. The van der Waals surface area contributed by atoms with Crippen LogP contribution < -0.4 is 10.2 Å². The Morgan fingerprint density at radius 2 is 1.74 bits per heavy atom. The molecule has 4 rings (SSSR count). The van der Waals surface area contributed by atoms with Crippen molar-refractivity contribution in [1.29, 1.82) is 0 Å². The van der Waals surface area contributed by atoms with Gasteiger partial charge in [0.2, 0.25) is 0 Å². The summed E-state index contributed by atoms with van der Waals surface area (Å²) in [5.41, 5.74) is 6.37. The molecule has 0 radical (unpaired) electrons. The predicted octanol–water partition coefficient (Wildman–Crippen LogP) is 2.84. The Labute approximate surface area is 182 Å². The normalized spacial score (nSPS) is 15.3. The molecule has 0 saturated carbocycles. The van der Waals surface area contributed by atoms with E-state index in [9.17, 15) is 4.79 Å². The number of amides is 1. The first kappa shape index (κ1) is 20.8. The first-order valence-corrected chi connectivity index (χ1v) is 10.3. The number of benzene rings is 2. The van der Waals surface area contributed by atoms with Crippen LogP contribution in [0.1, 0.15) is 5.56 Å². The summed E-state index contributed by atoms with van der Waals surface area (Å²) in [6.45, 7) is 3.50. The topological polar surface area (TPSA) is 62.6 Å². The lowest BCUT2D eigenvalue weighted by atomic mass is 10.1. The summed E-state index contributed by atoms with van der Waals surface area (Å²) in [5, 5.41) is 6.76. The average molecular weight is 418 g/mol. The van der Waals surface area contributed by atoms with Gasteiger partial charge in [-0.1, -0.05) is 30.3 Å². The maximum Gasteiger partial charge on any atom is 0.258 e. The Bertz CT molecular complexity index is 1050. The van der Waals surface area contributed by atoms with Gasteiger partial charge in [0.05, 0.1) is 12.8 Å². The second-order valence-electron chi connectivity index (χ2n) is 7.51. The lowest BCUT2D eigenvalue weighted by Crippen LogP contribution is -2.52. The summed E-state index contributed by atoms with van der Waals surface area (Å²) < 4.78 is 7.36. The fourth-order valence-corrected chi connectivity index (χ4v) is 3.55. The molecule has 1 amide bonds. The van der Waals surface area contributed by atoms with E-state index in [0.717, 1.165) is 54.4 Å². The molecule has 1 aliphatic heterocycles. The van der Waals surface area contributed by atoms with Gasteiger partial charge in [0, 0.05) is 49.6 Å². The fourth-order valence-electron chi connectivity index (χ4n) is 3.55. The summed E-state index contributed by atoms with van der Waals surface area (Å²) in [7, 11) is 3.73. The lowest BCUT2D eigenvalue weighted by Gasteiger charge is -2.31. The fraction of sp³-hybridized carbons (Fsp3) is 0.250. The third-order valence-electron chi connectivity index (χ3n) is 5.31. The van der Waals surface area contributed by atoms with E-state index >= 15 is 0 Å². The number of ether oxygens (including phenoxy) is 1. The van der Waals surface area contributed by atoms with Crippen LogP contribution >= 0.6 is 0 Å². The molecule has 0 aliphatic carbocycles. The van der Waals surface area contributed by atoms with Crippen LogP contribution in [-0.2, 0) is 4.79 Å². The number of hydrogen-bond acceptors (Lipinski definition) is 5. The number of methoxy groups -OCH3 is 1. The van der Waals surface area contributed by atoms with Gasteiger partial charge in [-0.25, -0.2) is 9.69 Å². The molecule has 1 saturated heterocycles. The van der Waals surface area contributed by atoms with Crippen LogP contribution in [0.5, 0.6) is 5.75 Å². The Morgan fingerprint density at radius 1 is 1.03 bits per heavy atom. The number of nitrogens with one attached hydrogen (secondary N) is 1. The zero-order chi connectivity index (χ0) is 21.6. The molecule has 1 N–H and O–H groups in total. The zero-order valence-corrected chi connectivity index (χ0v) is 17.9. The number of aromatic nitrogens is 2. The molecule has 31 heavy (non-hydrogen) atoms. The summed E-state index contributed by atoms with van der Waals surface area (Å²) >= 11 is 0. The van der Waals surface area contributed by atoms with E-state index in [1.54, 1.807) is 19.3 Å². The molecule has 0 bridgehead atoms. The number of piperazine rings is 1. The average Bonchev–Trinajstić information content (AvgIpc) is 3.24. The second kappa shape index (κ2) is 9.59. The molecular formula is C24H27N5O2. The smallest absolute Gasteiger partial charge is 0.258 e. The van der Waals surface area contributed by atoms with Gasteiger partial charge in [-0.2, -0.15) is 5.10 Å². The Balaban J connectivity index is 1.61. The molecule has 160 valence electrons. The maximum atomic E-state index is 12.5. The number of rotatable bonds is 6. The van der Waals surface area contributed by atoms with Crippen molar-refractivity contribution in [1.82, 2.24) is 25.1 Å². The highest BCUT2D eigenvalue weighted by molar-refractivity contribution is 5.92. The number of hydrazine groups is 1. The zero-order valence-electron chi connectivity index (χ0n) is 17.9. The minimum atomic E-state index is -0.150. The van der Waals surface area contributed by atoms with Gasteiger partial charge in [-0.05, 0) is 37.4 Å². The van der Waals surface area contributed by atoms with Crippen LogP contribution in [0, 0.1) is 0 Å². The van der Waals surface area contributed by atoms with Crippen molar-refractivity contribution in [2.45, 2.75) is 0 Å². The van der Waals surface area contributed by atoms with Gasteiger partial charge < -0.3 is 9.64 Å². The highest BCUT2D eigenvalue weighted by atomic mass is 16.5. The van der Waals surface area contributed by atoms with Crippen molar-refractivity contribution >= 4 is 12.0 Å². The van der Waals surface area contributed by atoms with Gasteiger partial charge in [0.1, 0.15) is 11.4 Å². The van der Waals surface area contributed by atoms with E-state index in [0.29, 0.717) is 0 Å². The van der Waals surface area contributed by atoms with Crippen LogP contribution in [0.4, 0.5) is 0 Å². The van der Waals surface area contributed by atoms with E-state index in [1.165, 1.54) is 0 Å². The van der Waals surface area contributed by atoms with Crippen molar-refractivity contribution in [3.8, 4) is 22.7 Å². The highest BCUT2D eigenvalue weighted by Gasteiger charge is 2.16. The quantitative estimate of drug-likeness (QED) is 0.625. The molecule has 2 heterocycles. The molecule has 0 atom stereocenters. The van der Waals surface area contributed by atoms with E-state index in [2.05, 4.69) is 17.4 Å². The number of para-hydroxylation sites is 2. The highest BCUT2D eigenvalue weighted by Crippen LogP contribution is 2.32. The number of nitrogens with zero attached hydrogens (tertiary/aromatic N) is 4. The number of carbonyl (C=O) groups is 1. The predicted molar refractivity (Wildman–Crippen MR) is 122 cm³/mol. The van der Waals surface area contributed by atoms with Crippen molar-refractivity contribution in [3.05, 3.63) is 72.4 Å². The molecule has 0 unspecified atom stereocenters. The Morgan fingerprint density at radius 3 is 2.48 bits per heavy atom. The second-order valence-corrected chi connectivity index (χ2v) is 7.51. The number of hydrogen-bond donors (Lipinski definition) is 1. The molecule has 7 heteroatoms. The molecule has 0 spiro atoms. The molecular weight excluding hydrogens is 390 g/mol. The van der Waals surface area contributed by atoms with Gasteiger partial charge in [-0.15, -0.1) is 0 Å². The summed E-state index contributed by atoms with van der Waals surface area (Å²) in [4.78, 5) is 14.8. The standard InChI is InChI=1S/C24H27N5O2/c1-27-14-16-28(17-15-27)25-23(30)13-12-19-18-29(20-8-4-3-5-9-20)26-24(19)21-10-6-7-11-22(21)31-2/h3-13,18H,14-17H2,1-2H3,(H,25,30)/b13-12+. The molecule has 1 fully saturated rings. The number of carbonyl (C=O) groups excluding carboxylic acids is 1. The minimum Gasteiger partial charge on any atom is -0.496 e. The Hall–Kier alpha value is -3.42. The van der Waals surface area contributed by atoms with E-state index in [4.69, 9.17) is 9.84 Å². The molecule has 3 aromatic rings. The van der Waals surface area contributed by atoms with Crippen molar-refractivity contribution < 1.29 is 9.53 Å². The summed E-state index contributed by atoms with van der Waals surface area (Å²) in [5.74, 6) is 0.584. The Kier molecular flexibility index (Phi) is 6.45. The maximum absolute atomic E-state index is 12.5. The van der Waals surface area contributed by atoms with Gasteiger partial charge >= 0.3 is 0 Å². The van der Waals surface area contributed by atoms with Gasteiger partial charge in [0.15, 0.2) is 0 Å². The SMILES string of the molecule is COc1ccccc1-c1nn(-c2ccccc2)cc1/C=C/C(=O)NN1CCN(C)CC1. The van der Waals surface area contributed by atoms with Crippen LogP contribution in [0.2, 0.25) is 0 Å². The van der Waals surface area contributed by atoms with Crippen molar-refractivity contribution in [3.63, 3.8) is 0 Å². The summed E-state index contributed by atoms with van der Waals surface area (Å²) in [6.07, 6.45) is 5.29. The van der Waals surface area contributed by atoms with Crippen molar-refractivity contribution in [2.24, 2.45) is 0 Å². The van der Waals surface area contributed by atoms with Crippen LogP contribution in [0.15, 0.2) is 66.9 Å². The van der Waals surface area contributed by atoms with E-state index < -0.39 is 0 Å². The lowest BCUT2D eigenvalue weighted by molar-refractivity contribution is -0.121. The van der Waals surface area contributed by atoms with Gasteiger partial charge in [-0.3, -0.25) is 10.2 Å². The third-order valence-corrected chi connectivity index (χ3v) is 5.31. The first-order chi connectivity index (χ1) is 15.1. The number of likely N-dealkylation sites (N-methyl/N-ethyl adjacent to an activating group) is 1. The first-order valence-electron chi connectivity index (χ1n) is 10.3. The monoisotopic (exact) mass is 417 g/mol. The van der Waals surface area contributed by atoms with E-state index in [1.807, 2.05) is 70.5 Å². The minimum absolute atomic E-state index is 0.150. The van der Waals surface area contributed by atoms with Crippen molar-refractivity contribution in [2.75, 3.05) is 40.3 Å². The van der Waals surface area contributed by atoms with Crippen LogP contribution in [-0.4, -0.2) is 65.9 Å². The molecule has 7 nitrogen and oxygen atoms in total. The molecule has 1 aromatic heterocycles. The van der Waals surface area contributed by atoms with Crippen LogP contribution in [0.25, 0.3) is 23.0 Å². The van der Waals surface area contributed by atoms with E-state index in [-0.39, 0.29) is 5.91 Å². The van der Waals surface area contributed by atoms with Crippen LogP contribution in [0.3, 0.4) is 0 Å². The molecule has 1 aliphatic rings. The molecule has 2 aromatic carbocycles. The van der Waals surface area contributed by atoms with Gasteiger partial charge in [0.25, 0.3) is 5.91 Å².